The molecule has 22 heavy (non-hydrogen) atoms. The second kappa shape index (κ2) is 5.75. The Morgan fingerprint density at radius 2 is 1.14 bits per heavy atom. The van der Waals surface area contributed by atoms with E-state index in [0.717, 1.165) is 17.3 Å². The van der Waals surface area contributed by atoms with Gasteiger partial charge in [0.2, 0.25) is 0 Å². The van der Waals surface area contributed by atoms with E-state index in [1.165, 1.54) is 32.0 Å². The molecular weight excluding hydrogens is 283 g/mol. The molecular formula is C21H35P. The second-order valence-corrected chi connectivity index (χ2v) is 11.0. The first-order valence-electron chi connectivity index (χ1n) is 10.6. The highest BCUT2D eigenvalue weighted by molar-refractivity contribution is 7.39. The van der Waals surface area contributed by atoms with E-state index in [1.807, 2.05) is 0 Å². The Labute approximate surface area is 139 Å². The van der Waals surface area contributed by atoms with Crippen LogP contribution in [-0.2, 0) is 0 Å². The highest BCUT2D eigenvalue weighted by Gasteiger charge is 2.62. The van der Waals surface area contributed by atoms with Gasteiger partial charge in [-0.3, -0.25) is 0 Å². The fourth-order valence-electron chi connectivity index (χ4n) is 8.33. The first-order valence-corrected chi connectivity index (χ1v) is 11.9. The highest BCUT2D eigenvalue weighted by atomic mass is 31.1. The van der Waals surface area contributed by atoms with Crippen LogP contribution in [-0.4, -0.2) is 11.8 Å². The van der Waals surface area contributed by atoms with Gasteiger partial charge >= 0.3 is 0 Å². The number of rotatable bonds is 0. The molecule has 0 bridgehead atoms. The molecule has 5 fully saturated rings. The smallest absolute Gasteiger partial charge is 0.0164 e. The quantitative estimate of drug-likeness (QED) is 0.464. The molecule has 0 N–H and O–H groups in total. The maximum Gasteiger partial charge on any atom is -0.0164 e. The Hall–Kier alpha value is 0.430. The van der Waals surface area contributed by atoms with E-state index < -0.39 is 0 Å². The molecule has 7 atom stereocenters. The van der Waals surface area contributed by atoms with E-state index in [4.69, 9.17) is 0 Å². The lowest BCUT2D eigenvalue weighted by molar-refractivity contribution is -0.111. The maximum atomic E-state index is 1.69. The molecule has 1 aliphatic heterocycles. The van der Waals surface area contributed by atoms with E-state index in [9.17, 15) is 0 Å². The van der Waals surface area contributed by atoms with Crippen LogP contribution in [0.25, 0.3) is 0 Å². The van der Waals surface area contributed by atoms with Crippen molar-refractivity contribution in [2.75, 3.05) is 6.16 Å². The molecule has 124 valence electrons. The number of fused-ring (bicyclic) bond motifs is 6. The van der Waals surface area contributed by atoms with Crippen LogP contribution in [0.1, 0.15) is 83.5 Å². The molecule has 1 spiro atoms. The molecule has 1 heterocycles. The lowest BCUT2D eigenvalue weighted by Gasteiger charge is -2.61. The van der Waals surface area contributed by atoms with Gasteiger partial charge in [-0.25, -0.2) is 0 Å². The summed E-state index contributed by atoms with van der Waals surface area (Å²) < 4.78 is 0. The minimum absolute atomic E-state index is 0.859. The molecule has 1 saturated heterocycles. The lowest BCUT2D eigenvalue weighted by Crippen LogP contribution is -2.56. The average molecular weight is 318 g/mol. The van der Waals surface area contributed by atoms with Gasteiger partial charge in [0.15, 0.2) is 0 Å². The van der Waals surface area contributed by atoms with Gasteiger partial charge in [0.25, 0.3) is 0 Å². The van der Waals surface area contributed by atoms with Gasteiger partial charge in [-0.05, 0) is 78.9 Å². The summed E-state index contributed by atoms with van der Waals surface area (Å²) in [5, 5.41) is 0. The van der Waals surface area contributed by atoms with E-state index in [-0.39, 0.29) is 0 Å². The van der Waals surface area contributed by atoms with Crippen molar-refractivity contribution in [3.8, 4) is 0 Å². The van der Waals surface area contributed by atoms with Gasteiger partial charge in [0.1, 0.15) is 0 Å². The van der Waals surface area contributed by atoms with E-state index >= 15 is 0 Å². The van der Waals surface area contributed by atoms with Crippen LogP contribution < -0.4 is 0 Å². The predicted molar refractivity (Wildman–Crippen MR) is 96.9 cm³/mol. The number of hydrogen-bond acceptors (Lipinski definition) is 0. The molecule has 0 amide bonds. The number of hydrogen-bond donors (Lipinski definition) is 0. The Morgan fingerprint density at radius 1 is 0.591 bits per heavy atom. The second-order valence-electron chi connectivity index (χ2n) is 9.53. The molecule has 4 aliphatic carbocycles. The van der Waals surface area contributed by atoms with Gasteiger partial charge in [-0.1, -0.05) is 51.4 Å². The third kappa shape index (κ3) is 2.04. The highest BCUT2D eigenvalue weighted by Crippen LogP contribution is 2.70. The summed E-state index contributed by atoms with van der Waals surface area (Å²) in [6, 6.07) is 0. The van der Waals surface area contributed by atoms with Crippen molar-refractivity contribution in [3.05, 3.63) is 0 Å². The summed E-state index contributed by atoms with van der Waals surface area (Å²) in [4.78, 5) is 0. The zero-order valence-corrected chi connectivity index (χ0v) is 15.4. The van der Waals surface area contributed by atoms with Crippen LogP contribution >= 0.6 is 8.58 Å². The summed E-state index contributed by atoms with van der Waals surface area (Å²) in [6.07, 6.45) is 22.4. The molecule has 0 aromatic rings. The monoisotopic (exact) mass is 318 g/mol. The maximum absolute atomic E-state index is 1.69. The minimum atomic E-state index is 0.859. The van der Waals surface area contributed by atoms with Crippen molar-refractivity contribution in [2.24, 2.45) is 35.0 Å². The van der Waals surface area contributed by atoms with Crippen molar-refractivity contribution in [1.82, 2.24) is 0 Å². The third-order valence-electron chi connectivity index (χ3n) is 8.93. The van der Waals surface area contributed by atoms with Crippen molar-refractivity contribution in [2.45, 2.75) is 89.1 Å². The topological polar surface area (TPSA) is 0 Å². The molecule has 4 saturated carbocycles. The molecule has 5 aliphatic rings. The Bertz CT molecular complexity index is 394. The molecule has 1 heteroatoms. The van der Waals surface area contributed by atoms with Crippen LogP contribution in [0.4, 0.5) is 0 Å². The average Bonchev–Trinajstić information content (AvgIpc) is 2.96. The van der Waals surface area contributed by atoms with Crippen molar-refractivity contribution in [1.29, 1.82) is 0 Å². The summed E-state index contributed by atoms with van der Waals surface area (Å²) in [5.74, 6) is 5.82. The van der Waals surface area contributed by atoms with Crippen LogP contribution in [0.2, 0.25) is 0 Å². The molecule has 0 aromatic heterocycles. The standard InChI is InChI=1S/C21H35P/c1-3-9-17-15(7-1)13-16-8-2-4-10-18(16)21(17)14-22-20-12-6-5-11-19(20)21/h15-20,22H,1-14H2. The predicted octanol–water partition coefficient (Wildman–Crippen LogP) is 6.24. The van der Waals surface area contributed by atoms with E-state index in [2.05, 4.69) is 0 Å². The molecule has 0 aromatic carbocycles. The van der Waals surface area contributed by atoms with E-state index in [0.29, 0.717) is 0 Å². The summed E-state index contributed by atoms with van der Waals surface area (Å²) in [5.41, 5.74) is 2.04. The largest absolute Gasteiger partial charge is 0.118 e. The molecule has 7 unspecified atom stereocenters. The lowest BCUT2D eigenvalue weighted by atomic mass is 9.44. The van der Waals surface area contributed by atoms with Crippen LogP contribution in [0.15, 0.2) is 0 Å². The fraction of sp³-hybridized carbons (Fsp3) is 1.00. The Morgan fingerprint density at radius 3 is 1.82 bits per heavy atom. The van der Waals surface area contributed by atoms with Crippen LogP contribution in [0.3, 0.4) is 0 Å². The van der Waals surface area contributed by atoms with Gasteiger partial charge in [0, 0.05) is 0 Å². The first-order chi connectivity index (χ1) is 10.9. The van der Waals surface area contributed by atoms with Gasteiger partial charge in [0.05, 0.1) is 0 Å². The molecule has 0 nitrogen and oxygen atoms in total. The third-order valence-corrected chi connectivity index (χ3v) is 11.0. The molecule has 0 radical (unpaired) electrons. The Balaban J connectivity index is 1.55. The normalized spacial score (nSPS) is 55.6. The zero-order chi connectivity index (χ0) is 14.6. The zero-order valence-electron chi connectivity index (χ0n) is 14.4. The fourth-order valence-corrected chi connectivity index (χ4v) is 10.9. The summed E-state index contributed by atoms with van der Waals surface area (Å²) >= 11 is 0. The van der Waals surface area contributed by atoms with Crippen LogP contribution in [0, 0.1) is 35.0 Å². The SMILES string of the molecule is C1CCC2C(C1)CC1CCCCC1C21CPC2CCCCC21. The van der Waals surface area contributed by atoms with Gasteiger partial charge in [-0.2, -0.15) is 0 Å². The minimum Gasteiger partial charge on any atom is -0.118 e. The van der Waals surface area contributed by atoms with E-state index in [1.54, 1.807) is 89.6 Å². The summed E-state index contributed by atoms with van der Waals surface area (Å²) in [6.45, 7) is 0. The van der Waals surface area contributed by atoms with Gasteiger partial charge < -0.3 is 0 Å². The Kier molecular flexibility index (Phi) is 3.86. The molecule has 5 rings (SSSR count). The van der Waals surface area contributed by atoms with Crippen molar-refractivity contribution >= 4 is 8.58 Å². The van der Waals surface area contributed by atoms with Crippen molar-refractivity contribution in [3.63, 3.8) is 0 Å². The van der Waals surface area contributed by atoms with Crippen LogP contribution in [0.5, 0.6) is 0 Å². The van der Waals surface area contributed by atoms with Crippen molar-refractivity contribution < 1.29 is 0 Å². The first kappa shape index (κ1) is 14.7. The summed E-state index contributed by atoms with van der Waals surface area (Å²) in [7, 11) is 1.35. The van der Waals surface area contributed by atoms with Gasteiger partial charge in [-0.15, -0.1) is 8.58 Å².